The first-order valence-electron chi connectivity index (χ1n) is 7.77. The number of benzene rings is 2. The van der Waals surface area contributed by atoms with E-state index in [0.717, 1.165) is 5.56 Å². The average Bonchev–Trinajstić information content (AvgIpc) is 2.67. The highest BCUT2D eigenvalue weighted by atomic mass is 16.5. The molecule has 3 aromatic rings. The quantitative estimate of drug-likeness (QED) is 0.681. The Morgan fingerprint density at radius 3 is 2.42 bits per heavy atom. The van der Waals surface area contributed by atoms with Crippen LogP contribution in [0.2, 0.25) is 0 Å². The summed E-state index contributed by atoms with van der Waals surface area (Å²) < 4.78 is 10.8. The third-order valence-electron chi connectivity index (χ3n) is 4.36. The van der Waals surface area contributed by atoms with Crippen LogP contribution in [0.1, 0.15) is 22.6 Å². The number of nitrogens with zero attached hydrogens (tertiary/aromatic N) is 2. The lowest BCUT2D eigenvalue weighted by Crippen LogP contribution is -2.25. The van der Waals surface area contributed by atoms with E-state index in [1.807, 2.05) is 6.07 Å². The zero-order chi connectivity index (χ0) is 18.3. The Hall–Kier alpha value is -4.03. The van der Waals surface area contributed by atoms with E-state index in [0.29, 0.717) is 22.1 Å². The fourth-order valence-corrected chi connectivity index (χ4v) is 3.19. The van der Waals surface area contributed by atoms with E-state index in [-0.39, 0.29) is 17.2 Å². The van der Waals surface area contributed by atoms with Gasteiger partial charge in [0.05, 0.1) is 17.6 Å². The van der Waals surface area contributed by atoms with Gasteiger partial charge in [-0.1, -0.05) is 30.3 Å². The van der Waals surface area contributed by atoms with Crippen molar-refractivity contribution in [3.05, 3.63) is 87.1 Å². The van der Waals surface area contributed by atoms with Gasteiger partial charge in [0.2, 0.25) is 11.6 Å². The Morgan fingerprint density at radius 2 is 1.73 bits per heavy atom. The summed E-state index contributed by atoms with van der Waals surface area (Å²) in [6.45, 7) is 0. The van der Waals surface area contributed by atoms with Crippen LogP contribution >= 0.6 is 0 Å². The molecule has 2 heterocycles. The second-order valence-corrected chi connectivity index (χ2v) is 5.79. The monoisotopic (exact) mass is 341 g/mol. The molecule has 1 atom stereocenters. The minimum atomic E-state index is -0.655. The molecular formula is C20H11N3O3. The molecular weight excluding hydrogens is 330 g/mol. The lowest BCUT2D eigenvalue weighted by Gasteiger charge is -2.26. The highest BCUT2D eigenvalue weighted by Crippen LogP contribution is 2.43. The van der Waals surface area contributed by atoms with Gasteiger partial charge in [-0.05, 0) is 23.8 Å². The number of allylic oxidation sites excluding steroid dienone is 1. The smallest absolute Gasteiger partial charge is 0.380 e. The molecule has 6 heteroatoms. The van der Waals surface area contributed by atoms with Crippen LogP contribution in [0.4, 0.5) is 0 Å². The molecule has 0 spiro atoms. The van der Waals surface area contributed by atoms with Crippen molar-refractivity contribution in [3.8, 4) is 17.9 Å². The van der Waals surface area contributed by atoms with Crippen LogP contribution in [0.15, 0.2) is 69.2 Å². The molecule has 4 rings (SSSR count). The molecule has 1 unspecified atom stereocenters. The minimum absolute atomic E-state index is 0.0189. The third kappa shape index (κ3) is 2.21. The van der Waals surface area contributed by atoms with E-state index < -0.39 is 11.5 Å². The SMILES string of the molecule is N#CC1=C(N)Oc2c(c3ccccc3oc2=O)C1c1ccc(C#N)cc1. The highest BCUT2D eigenvalue weighted by Gasteiger charge is 2.34. The first-order chi connectivity index (χ1) is 12.6. The molecule has 0 saturated carbocycles. The van der Waals surface area contributed by atoms with Crippen LogP contribution in [0.5, 0.6) is 5.75 Å². The van der Waals surface area contributed by atoms with E-state index in [9.17, 15) is 10.1 Å². The molecule has 1 aliphatic rings. The number of fused-ring (bicyclic) bond motifs is 3. The predicted octanol–water partition coefficient (Wildman–Crippen LogP) is 2.88. The maximum atomic E-state index is 12.4. The van der Waals surface area contributed by atoms with Crippen molar-refractivity contribution in [3.63, 3.8) is 0 Å². The molecule has 2 aromatic carbocycles. The van der Waals surface area contributed by atoms with Gasteiger partial charge >= 0.3 is 5.63 Å². The largest absolute Gasteiger partial charge is 0.432 e. The average molecular weight is 341 g/mol. The number of nitrogens with two attached hydrogens (primary N) is 1. The summed E-state index contributed by atoms with van der Waals surface area (Å²) in [5.74, 6) is -0.739. The van der Waals surface area contributed by atoms with Crippen molar-refractivity contribution in [1.29, 1.82) is 10.5 Å². The lowest BCUT2D eigenvalue weighted by molar-refractivity contribution is 0.368. The second-order valence-electron chi connectivity index (χ2n) is 5.79. The Balaban J connectivity index is 2.08. The van der Waals surface area contributed by atoms with Crippen LogP contribution < -0.4 is 16.1 Å². The Labute approximate surface area is 148 Å². The summed E-state index contributed by atoms with van der Waals surface area (Å²) in [7, 11) is 0. The van der Waals surface area contributed by atoms with Gasteiger partial charge in [0.25, 0.3) is 0 Å². The van der Waals surface area contributed by atoms with Gasteiger partial charge in [0.1, 0.15) is 17.2 Å². The Morgan fingerprint density at radius 1 is 1.00 bits per heavy atom. The maximum absolute atomic E-state index is 12.4. The van der Waals surface area contributed by atoms with Crippen molar-refractivity contribution < 1.29 is 9.15 Å². The van der Waals surface area contributed by atoms with Crippen molar-refractivity contribution in [2.75, 3.05) is 0 Å². The molecule has 2 N–H and O–H groups in total. The number of hydrogen-bond donors (Lipinski definition) is 1. The predicted molar refractivity (Wildman–Crippen MR) is 92.9 cm³/mol. The van der Waals surface area contributed by atoms with E-state index >= 15 is 0 Å². The lowest BCUT2D eigenvalue weighted by atomic mass is 9.82. The summed E-state index contributed by atoms with van der Waals surface area (Å²) in [6, 6.07) is 18.0. The molecule has 1 aliphatic heterocycles. The second kappa shape index (κ2) is 5.80. The minimum Gasteiger partial charge on any atom is -0.432 e. The standard InChI is InChI=1S/C20H11N3O3/c21-9-11-5-7-12(8-6-11)16-14(10-22)19(23)26-18-17(16)13-3-1-2-4-15(13)25-20(18)24/h1-8,16H,23H2. The van der Waals surface area contributed by atoms with Gasteiger partial charge in [-0.15, -0.1) is 0 Å². The molecule has 0 saturated heterocycles. The van der Waals surface area contributed by atoms with Gasteiger partial charge in [-0.3, -0.25) is 0 Å². The summed E-state index contributed by atoms with van der Waals surface area (Å²) >= 11 is 0. The number of ether oxygens (including phenoxy) is 1. The number of hydrogen-bond acceptors (Lipinski definition) is 6. The van der Waals surface area contributed by atoms with Gasteiger partial charge < -0.3 is 14.9 Å². The summed E-state index contributed by atoms with van der Waals surface area (Å²) in [5, 5.41) is 19.3. The Bertz CT molecular complexity index is 1210. The molecule has 0 amide bonds. The molecule has 0 fully saturated rings. The van der Waals surface area contributed by atoms with E-state index in [2.05, 4.69) is 12.1 Å². The maximum Gasteiger partial charge on any atom is 0.380 e. The molecule has 0 bridgehead atoms. The summed E-state index contributed by atoms with van der Waals surface area (Å²) in [5.41, 5.74) is 7.61. The van der Waals surface area contributed by atoms with Gasteiger partial charge in [-0.25, -0.2) is 4.79 Å². The van der Waals surface area contributed by atoms with Crippen molar-refractivity contribution in [1.82, 2.24) is 0 Å². The van der Waals surface area contributed by atoms with Crippen molar-refractivity contribution in [2.45, 2.75) is 5.92 Å². The number of nitriles is 2. The van der Waals surface area contributed by atoms with Crippen LogP contribution in [-0.2, 0) is 0 Å². The summed E-state index contributed by atoms with van der Waals surface area (Å²) in [6.07, 6.45) is 0. The van der Waals surface area contributed by atoms with Crippen molar-refractivity contribution >= 4 is 11.0 Å². The first-order valence-corrected chi connectivity index (χ1v) is 7.77. The normalized spacial score (nSPS) is 15.7. The van der Waals surface area contributed by atoms with E-state index in [1.54, 1.807) is 42.5 Å². The summed E-state index contributed by atoms with van der Waals surface area (Å²) in [4.78, 5) is 12.4. The number of para-hydroxylation sites is 1. The first kappa shape index (κ1) is 15.5. The molecule has 1 aromatic heterocycles. The molecule has 0 radical (unpaired) electrons. The van der Waals surface area contributed by atoms with E-state index in [4.69, 9.17) is 20.1 Å². The molecule has 0 aliphatic carbocycles. The molecule has 26 heavy (non-hydrogen) atoms. The third-order valence-corrected chi connectivity index (χ3v) is 4.36. The van der Waals surface area contributed by atoms with Crippen LogP contribution in [-0.4, -0.2) is 0 Å². The van der Waals surface area contributed by atoms with Crippen LogP contribution in [0.25, 0.3) is 11.0 Å². The molecule has 6 nitrogen and oxygen atoms in total. The Kier molecular flexibility index (Phi) is 3.46. The van der Waals surface area contributed by atoms with Gasteiger partial charge in [0, 0.05) is 10.9 Å². The fraction of sp³-hybridized carbons (Fsp3) is 0.0500. The highest BCUT2D eigenvalue weighted by molar-refractivity contribution is 5.85. The van der Waals surface area contributed by atoms with Crippen LogP contribution in [0.3, 0.4) is 0 Å². The van der Waals surface area contributed by atoms with Gasteiger partial charge in [0.15, 0.2) is 0 Å². The zero-order valence-corrected chi connectivity index (χ0v) is 13.4. The van der Waals surface area contributed by atoms with Crippen LogP contribution in [0, 0.1) is 22.7 Å². The zero-order valence-electron chi connectivity index (χ0n) is 13.4. The van der Waals surface area contributed by atoms with Gasteiger partial charge in [-0.2, -0.15) is 10.5 Å². The number of rotatable bonds is 1. The van der Waals surface area contributed by atoms with E-state index in [1.165, 1.54) is 0 Å². The molecule has 124 valence electrons. The van der Waals surface area contributed by atoms with Crippen molar-refractivity contribution in [2.24, 2.45) is 5.73 Å². The fourth-order valence-electron chi connectivity index (χ4n) is 3.19. The topological polar surface area (TPSA) is 113 Å².